The zero-order chi connectivity index (χ0) is 15.9. The van der Waals surface area contributed by atoms with Gasteiger partial charge in [-0.15, -0.1) is 0 Å². The minimum Gasteiger partial charge on any atom is -0.445 e. The highest BCUT2D eigenvalue weighted by atomic mass is 16.5. The van der Waals surface area contributed by atoms with Gasteiger partial charge in [0.15, 0.2) is 0 Å². The van der Waals surface area contributed by atoms with Crippen molar-refractivity contribution in [1.82, 2.24) is 5.43 Å². The molecule has 2 amide bonds. The molecular formula is C16H19N3O3. The third-order valence-corrected chi connectivity index (χ3v) is 3.23. The number of amides is 2. The summed E-state index contributed by atoms with van der Waals surface area (Å²) < 4.78 is 4.95. The van der Waals surface area contributed by atoms with E-state index in [-0.39, 0.29) is 18.4 Å². The van der Waals surface area contributed by atoms with Gasteiger partial charge in [0.05, 0.1) is 5.71 Å². The number of hydrazone groups is 1. The van der Waals surface area contributed by atoms with E-state index in [0.717, 1.165) is 11.3 Å². The van der Waals surface area contributed by atoms with Crippen molar-refractivity contribution in [3.8, 4) is 0 Å². The molecule has 1 unspecified atom stereocenters. The largest absolute Gasteiger partial charge is 0.445 e. The summed E-state index contributed by atoms with van der Waals surface area (Å²) in [5.74, 6) is -0.00299. The molecule has 1 aliphatic heterocycles. The van der Waals surface area contributed by atoms with Gasteiger partial charge in [0.25, 0.3) is 0 Å². The van der Waals surface area contributed by atoms with Crippen LogP contribution in [-0.4, -0.2) is 24.3 Å². The van der Waals surface area contributed by atoms with Crippen LogP contribution in [-0.2, 0) is 9.53 Å². The number of benzene rings is 1. The number of anilines is 1. The first kappa shape index (κ1) is 15.8. The average molecular weight is 301 g/mol. The van der Waals surface area contributed by atoms with Crippen LogP contribution in [0.5, 0.6) is 0 Å². The third kappa shape index (κ3) is 4.18. The first-order valence-electron chi connectivity index (χ1n) is 7.12. The molecule has 0 saturated carbocycles. The SMILES string of the molecule is CC=CCOC(=O)Nc1ccc(C2=NNC(=O)CC2C)cc1. The number of nitrogens with zero attached hydrogens (tertiary/aromatic N) is 1. The second-order valence-electron chi connectivity index (χ2n) is 5.01. The lowest BCUT2D eigenvalue weighted by Gasteiger charge is -2.19. The number of hydrogen-bond acceptors (Lipinski definition) is 4. The second kappa shape index (κ2) is 7.40. The highest BCUT2D eigenvalue weighted by molar-refractivity contribution is 6.06. The molecule has 1 aliphatic rings. The summed E-state index contributed by atoms with van der Waals surface area (Å²) in [5.41, 5.74) is 4.88. The molecule has 2 N–H and O–H groups in total. The van der Waals surface area contributed by atoms with Crippen molar-refractivity contribution < 1.29 is 14.3 Å². The van der Waals surface area contributed by atoms with E-state index in [1.54, 1.807) is 18.2 Å². The van der Waals surface area contributed by atoms with Gasteiger partial charge in [0.1, 0.15) is 6.61 Å². The molecule has 0 fully saturated rings. The monoisotopic (exact) mass is 301 g/mol. The minimum atomic E-state index is -0.499. The molecule has 1 aromatic carbocycles. The Balaban J connectivity index is 1.98. The molecule has 1 atom stereocenters. The third-order valence-electron chi connectivity index (χ3n) is 3.23. The topological polar surface area (TPSA) is 79.8 Å². The van der Waals surface area contributed by atoms with Crippen LogP contribution in [0.25, 0.3) is 0 Å². The number of rotatable bonds is 4. The Morgan fingerprint density at radius 1 is 1.45 bits per heavy atom. The average Bonchev–Trinajstić information content (AvgIpc) is 2.49. The first-order valence-corrected chi connectivity index (χ1v) is 7.12. The van der Waals surface area contributed by atoms with Gasteiger partial charge in [-0.05, 0) is 24.6 Å². The van der Waals surface area contributed by atoms with Crippen LogP contribution in [0.3, 0.4) is 0 Å². The molecule has 1 aromatic rings. The lowest BCUT2D eigenvalue weighted by atomic mass is 9.94. The number of hydrogen-bond donors (Lipinski definition) is 2. The zero-order valence-electron chi connectivity index (χ0n) is 12.6. The summed E-state index contributed by atoms with van der Waals surface area (Å²) in [4.78, 5) is 22.8. The molecule has 0 spiro atoms. The lowest BCUT2D eigenvalue weighted by Crippen LogP contribution is -2.31. The summed E-state index contributed by atoms with van der Waals surface area (Å²) in [5, 5.41) is 6.74. The second-order valence-corrected chi connectivity index (χ2v) is 5.01. The molecule has 1 heterocycles. The van der Waals surface area contributed by atoms with Crippen molar-refractivity contribution in [3.63, 3.8) is 0 Å². The van der Waals surface area contributed by atoms with Gasteiger partial charge in [0, 0.05) is 18.0 Å². The maximum absolute atomic E-state index is 11.5. The minimum absolute atomic E-state index is 0.0679. The first-order chi connectivity index (χ1) is 10.6. The molecule has 6 nitrogen and oxygen atoms in total. The predicted octanol–water partition coefficient (Wildman–Crippen LogP) is 2.67. The molecule has 6 heteroatoms. The fourth-order valence-electron chi connectivity index (χ4n) is 2.10. The van der Waals surface area contributed by atoms with E-state index in [9.17, 15) is 9.59 Å². The quantitative estimate of drug-likeness (QED) is 0.839. The van der Waals surface area contributed by atoms with Gasteiger partial charge in [-0.3, -0.25) is 10.1 Å². The Morgan fingerprint density at radius 3 is 2.82 bits per heavy atom. The maximum atomic E-state index is 11.5. The molecule has 116 valence electrons. The number of nitrogens with one attached hydrogen (secondary N) is 2. The standard InChI is InChI=1S/C16H19N3O3/c1-3-4-9-22-16(21)17-13-7-5-12(6-8-13)15-11(2)10-14(20)18-19-15/h3-8,11H,9-10H2,1-2H3,(H,17,21)(H,18,20). The predicted molar refractivity (Wildman–Crippen MR) is 84.7 cm³/mol. The van der Waals surface area contributed by atoms with Crippen LogP contribution in [0.2, 0.25) is 0 Å². The van der Waals surface area contributed by atoms with Gasteiger partial charge in [-0.2, -0.15) is 5.10 Å². The molecule has 2 rings (SSSR count). The van der Waals surface area contributed by atoms with Crippen molar-refractivity contribution in [2.45, 2.75) is 20.3 Å². The van der Waals surface area contributed by atoms with Gasteiger partial charge >= 0.3 is 6.09 Å². The van der Waals surface area contributed by atoms with Crippen LogP contribution in [0, 0.1) is 5.92 Å². The van der Waals surface area contributed by atoms with E-state index in [1.165, 1.54) is 0 Å². The van der Waals surface area contributed by atoms with Crippen LogP contribution in [0.4, 0.5) is 10.5 Å². The highest BCUT2D eigenvalue weighted by Gasteiger charge is 2.21. The molecule has 0 radical (unpaired) electrons. The van der Waals surface area contributed by atoms with Crippen LogP contribution in [0.15, 0.2) is 41.5 Å². The molecule has 0 aliphatic carbocycles. The van der Waals surface area contributed by atoms with E-state index >= 15 is 0 Å². The fourth-order valence-corrected chi connectivity index (χ4v) is 2.10. The fraction of sp³-hybridized carbons (Fsp3) is 0.312. The van der Waals surface area contributed by atoms with Gasteiger partial charge in [0.2, 0.25) is 5.91 Å². The van der Waals surface area contributed by atoms with Gasteiger partial charge in [-0.1, -0.05) is 31.2 Å². The van der Waals surface area contributed by atoms with Gasteiger partial charge < -0.3 is 4.74 Å². The summed E-state index contributed by atoms with van der Waals surface area (Å²) in [7, 11) is 0. The zero-order valence-corrected chi connectivity index (χ0v) is 12.6. The van der Waals surface area contributed by atoms with Crippen molar-refractivity contribution in [2.75, 3.05) is 11.9 Å². The Morgan fingerprint density at radius 2 is 2.18 bits per heavy atom. The number of allylic oxidation sites excluding steroid dienone is 1. The highest BCUT2D eigenvalue weighted by Crippen LogP contribution is 2.18. The number of carbonyl (C=O) groups excluding carboxylic acids is 2. The lowest BCUT2D eigenvalue weighted by molar-refractivity contribution is -0.121. The smallest absolute Gasteiger partial charge is 0.411 e. The number of carbonyl (C=O) groups is 2. The molecule has 0 bridgehead atoms. The van der Waals surface area contributed by atoms with Crippen molar-refractivity contribution in [3.05, 3.63) is 42.0 Å². The summed E-state index contributed by atoms with van der Waals surface area (Å²) in [6.45, 7) is 4.06. The molecule has 0 saturated heterocycles. The Kier molecular flexibility index (Phi) is 5.30. The Bertz CT molecular complexity index is 606. The molecule has 0 aromatic heterocycles. The van der Waals surface area contributed by atoms with E-state index in [4.69, 9.17) is 4.74 Å². The van der Waals surface area contributed by atoms with Crippen molar-refractivity contribution in [1.29, 1.82) is 0 Å². The van der Waals surface area contributed by atoms with Crippen LogP contribution >= 0.6 is 0 Å². The van der Waals surface area contributed by atoms with Crippen molar-refractivity contribution in [2.24, 2.45) is 11.0 Å². The van der Waals surface area contributed by atoms with E-state index in [1.807, 2.05) is 32.1 Å². The van der Waals surface area contributed by atoms with Crippen LogP contribution in [0.1, 0.15) is 25.8 Å². The molecule has 22 heavy (non-hydrogen) atoms. The summed E-state index contributed by atoms with van der Waals surface area (Å²) >= 11 is 0. The Hall–Kier alpha value is -2.63. The van der Waals surface area contributed by atoms with E-state index in [2.05, 4.69) is 15.8 Å². The number of ether oxygens (including phenoxy) is 1. The van der Waals surface area contributed by atoms with Crippen LogP contribution < -0.4 is 10.7 Å². The van der Waals surface area contributed by atoms with E-state index in [0.29, 0.717) is 12.1 Å². The normalized spacial score (nSPS) is 17.8. The van der Waals surface area contributed by atoms with Crippen molar-refractivity contribution >= 4 is 23.4 Å². The summed E-state index contributed by atoms with van der Waals surface area (Å²) in [6, 6.07) is 7.26. The maximum Gasteiger partial charge on any atom is 0.411 e. The summed E-state index contributed by atoms with van der Waals surface area (Å²) in [6.07, 6.45) is 3.49. The molecular weight excluding hydrogens is 282 g/mol. The van der Waals surface area contributed by atoms with E-state index < -0.39 is 6.09 Å². The Labute approximate surface area is 129 Å². The van der Waals surface area contributed by atoms with Gasteiger partial charge in [-0.25, -0.2) is 10.2 Å².